The molecule has 0 radical (unpaired) electrons. The molecule has 1 aliphatic rings. The van der Waals surface area contributed by atoms with Crippen molar-refractivity contribution in [2.75, 3.05) is 0 Å². The summed E-state index contributed by atoms with van der Waals surface area (Å²) in [5.74, 6) is 0.446. The van der Waals surface area contributed by atoms with Gasteiger partial charge in [0.1, 0.15) is 6.54 Å². The van der Waals surface area contributed by atoms with Crippen LogP contribution in [0.25, 0.3) is 0 Å². The van der Waals surface area contributed by atoms with Crippen LogP contribution in [0, 0.1) is 5.92 Å². The van der Waals surface area contributed by atoms with Crippen molar-refractivity contribution in [3.8, 4) is 0 Å². The quantitative estimate of drug-likeness (QED) is 0.809. The van der Waals surface area contributed by atoms with Gasteiger partial charge in [0.15, 0.2) is 0 Å². The lowest BCUT2D eigenvalue weighted by Gasteiger charge is -2.11. The monoisotopic (exact) mass is 250 g/mol. The first-order chi connectivity index (χ1) is 8.60. The van der Waals surface area contributed by atoms with Crippen LogP contribution in [0.2, 0.25) is 0 Å². The second-order valence-corrected chi connectivity index (χ2v) is 5.28. The van der Waals surface area contributed by atoms with Crippen LogP contribution in [0.5, 0.6) is 0 Å². The molecule has 1 aromatic heterocycles. The van der Waals surface area contributed by atoms with Crippen molar-refractivity contribution < 1.29 is 9.90 Å². The van der Waals surface area contributed by atoms with Gasteiger partial charge in [-0.1, -0.05) is 6.92 Å². The van der Waals surface area contributed by atoms with E-state index in [1.54, 1.807) is 0 Å². The molecule has 2 atom stereocenters. The Hall–Kier alpha value is -1.29. The van der Waals surface area contributed by atoms with E-state index >= 15 is 0 Å². The van der Waals surface area contributed by atoms with Gasteiger partial charge in [-0.15, -0.1) is 0 Å². The summed E-state index contributed by atoms with van der Waals surface area (Å²) in [6.07, 6.45) is 6.53. The Balaban J connectivity index is 1.87. The minimum absolute atomic E-state index is 0.0208. The van der Waals surface area contributed by atoms with Gasteiger partial charge in [-0.2, -0.15) is 0 Å². The van der Waals surface area contributed by atoms with E-state index in [1.165, 1.54) is 0 Å². The molecule has 100 valence electrons. The van der Waals surface area contributed by atoms with Gasteiger partial charge in [0.05, 0.1) is 6.10 Å². The fraction of sp³-hybridized carbons (Fsp3) is 0.643. The molecule has 1 saturated carbocycles. The minimum Gasteiger partial charge on any atom is -0.388 e. The van der Waals surface area contributed by atoms with Crippen molar-refractivity contribution in [2.45, 2.75) is 51.8 Å². The number of nitrogens with one attached hydrogen (secondary N) is 1. The molecule has 1 amide bonds. The number of nitrogens with zero attached hydrogens (tertiary/aromatic N) is 1. The lowest BCUT2D eigenvalue weighted by atomic mass is 10.1. The largest absolute Gasteiger partial charge is 0.388 e. The highest BCUT2D eigenvalue weighted by Gasteiger charge is 2.31. The maximum absolute atomic E-state index is 11.7. The average molecular weight is 250 g/mol. The lowest BCUT2D eigenvalue weighted by Crippen LogP contribution is -2.34. The normalized spacial score (nSPS) is 18.4. The molecule has 0 aliphatic heterocycles. The third-order valence-corrected chi connectivity index (χ3v) is 3.53. The highest BCUT2D eigenvalue weighted by molar-refractivity contribution is 5.76. The average Bonchev–Trinajstić information content (AvgIpc) is 3.09. The van der Waals surface area contributed by atoms with Gasteiger partial charge in [-0.25, -0.2) is 0 Å². The molecule has 0 saturated heterocycles. The molecule has 1 heterocycles. The fourth-order valence-corrected chi connectivity index (χ4v) is 2.01. The van der Waals surface area contributed by atoms with Gasteiger partial charge in [-0.3, -0.25) is 4.79 Å². The van der Waals surface area contributed by atoms with Crippen molar-refractivity contribution in [1.82, 2.24) is 9.88 Å². The number of carbonyl (C=O) groups excluding carboxylic acids is 1. The number of aromatic nitrogens is 1. The second kappa shape index (κ2) is 5.57. The zero-order valence-electron chi connectivity index (χ0n) is 11.1. The van der Waals surface area contributed by atoms with E-state index in [1.807, 2.05) is 36.9 Å². The summed E-state index contributed by atoms with van der Waals surface area (Å²) in [4.78, 5) is 11.7. The highest BCUT2D eigenvalue weighted by Crippen LogP contribution is 2.40. The second-order valence-electron chi connectivity index (χ2n) is 5.28. The van der Waals surface area contributed by atoms with Crippen LogP contribution >= 0.6 is 0 Å². The molecule has 18 heavy (non-hydrogen) atoms. The summed E-state index contributed by atoms with van der Waals surface area (Å²) in [7, 11) is 0. The van der Waals surface area contributed by atoms with Crippen LogP contribution < -0.4 is 5.32 Å². The first-order valence-corrected chi connectivity index (χ1v) is 6.73. The van der Waals surface area contributed by atoms with Gasteiger partial charge in [0.25, 0.3) is 0 Å². The van der Waals surface area contributed by atoms with Crippen molar-refractivity contribution in [1.29, 1.82) is 0 Å². The van der Waals surface area contributed by atoms with Crippen molar-refractivity contribution >= 4 is 5.91 Å². The zero-order valence-corrected chi connectivity index (χ0v) is 11.1. The van der Waals surface area contributed by atoms with Crippen LogP contribution in [0.1, 0.15) is 44.8 Å². The lowest BCUT2D eigenvalue weighted by molar-refractivity contribution is -0.122. The van der Waals surface area contributed by atoms with Gasteiger partial charge in [0, 0.05) is 18.4 Å². The van der Waals surface area contributed by atoms with Gasteiger partial charge in [-0.05, 0) is 43.7 Å². The topological polar surface area (TPSA) is 54.3 Å². The minimum atomic E-state index is -0.358. The molecule has 4 heteroatoms. The fourth-order valence-electron chi connectivity index (χ4n) is 2.01. The maximum atomic E-state index is 11.7. The summed E-state index contributed by atoms with van der Waals surface area (Å²) in [6.45, 7) is 4.36. The molecule has 2 rings (SSSR count). The van der Waals surface area contributed by atoms with Gasteiger partial charge >= 0.3 is 0 Å². The maximum Gasteiger partial charge on any atom is 0.240 e. The number of hydrogen-bond donors (Lipinski definition) is 2. The molecule has 2 unspecified atom stereocenters. The summed E-state index contributed by atoms with van der Waals surface area (Å²) in [6, 6.07) is 2.11. The van der Waals surface area contributed by atoms with Crippen LogP contribution in [-0.2, 0) is 11.3 Å². The van der Waals surface area contributed by atoms with Crippen molar-refractivity contribution in [2.24, 2.45) is 5.92 Å². The number of amides is 1. The van der Waals surface area contributed by atoms with Crippen molar-refractivity contribution in [3.63, 3.8) is 0 Å². The Bertz CT molecular complexity index is 410. The number of rotatable bonds is 6. The number of carbonyl (C=O) groups is 1. The number of hydrogen-bond acceptors (Lipinski definition) is 2. The Labute approximate surface area is 108 Å². The van der Waals surface area contributed by atoms with E-state index in [0.717, 1.165) is 24.8 Å². The standard InChI is InChI=1S/C14H22N2O2/c1-3-10(2)15-13(17)9-16-7-6-12(8-16)14(18)11-4-5-11/h6-8,10-11,14,18H,3-5,9H2,1-2H3,(H,15,17). The predicted octanol–water partition coefficient (Wildman–Crippen LogP) is 1.85. The Morgan fingerprint density at radius 2 is 2.33 bits per heavy atom. The highest BCUT2D eigenvalue weighted by atomic mass is 16.3. The van der Waals surface area contributed by atoms with E-state index < -0.39 is 0 Å². The SMILES string of the molecule is CCC(C)NC(=O)Cn1ccc(C(O)C2CC2)c1. The molecule has 1 aliphatic carbocycles. The zero-order chi connectivity index (χ0) is 13.1. The first kappa shape index (κ1) is 13.1. The van der Waals surface area contributed by atoms with Crippen molar-refractivity contribution in [3.05, 3.63) is 24.0 Å². The van der Waals surface area contributed by atoms with Crippen LogP contribution in [-0.4, -0.2) is 21.6 Å². The molecule has 1 aromatic rings. The molecule has 0 spiro atoms. The smallest absolute Gasteiger partial charge is 0.240 e. The Morgan fingerprint density at radius 1 is 1.61 bits per heavy atom. The molecule has 4 nitrogen and oxygen atoms in total. The van der Waals surface area contributed by atoms with Crippen LogP contribution in [0.15, 0.2) is 18.5 Å². The summed E-state index contributed by atoms with van der Waals surface area (Å²) >= 11 is 0. The predicted molar refractivity (Wildman–Crippen MR) is 70.0 cm³/mol. The van der Waals surface area contributed by atoms with E-state index in [4.69, 9.17) is 0 Å². The van der Waals surface area contributed by atoms with Gasteiger partial charge in [0.2, 0.25) is 5.91 Å². The van der Waals surface area contributed by atoms with E-state index in [2.05, 4.69) is 5.32 Å². The molecular formula is C14H22N2O2. The third-order valence-electron chi connectivity index (χ3n) is 3.53. The van der Waals surface area contributed by atoms with E-state index in [9.17, 15) is 9.90 Å². The molecule has 0 bridgehead atoms. The van der Waals surface area contributed by atoms with Crippen LogP contribution in [0.3, 0.4) is 0 Å². The molecule has 1 fully saturated rings. The molecule has 2 N–H and O–H groups in total. The number of aliphatic hydroxyl groups is 1. The van der Waals surface area contributed by atoms with Gasteiger partial charge < -0.3 is 15.0 Å². The molecule has 0 aromatic carbocycles. The molecular weight excluding hydrogens is 228 g/mol. The summed E-state index contributed by atoms with van der Waals surface area (Å²) in [5.41, 5.74) is 0.925. The van der Waals surface area contributed by atoms with Crippen LogP contribution in [0.4, 0.5) is 0 Å². The Morgan fingerprint density at radius 3 is 2.94 bits per heavy atom. The first-order valence-electron chi connectivity index (χ1n) is 6.73. The number of aliphatic hydroxyl groups excluding tert-OH is 1. The van der Waals surface area contributed by atoms with E-state index in [-0.39, 0.29) is 18.1 Å². The summed E-state index contributed by atoms with van der Waals surface area (Å²) in [5, 5.41) is 12.9. The third kappa shape index (κ3) is 3.35. The Kier molecular flexibility index (Phi) is 4.07. The van der Waals surface area contributed by atoms with E-state index in [0.29, 0.717) is 12.5 Å². The summed E-state index contributed by atoms with van der Waals surface area (Å²) < 4.78 is 1.83.